The summed E-state index contributed by atoms with van der Waals surface area (Å²) in [6.45, 7) is 2.15. The molecule has 2 aromatic carbocycles. The number of amides is 2. The zero-order valence-corrected chi connectivity index (χ0v) is 15.6. The van der Waals surface area contributed by atoms with E-state index in [4.69, 9.17) is 16.4 Å². The molecule has 138 valence electrons. The van der Waals surface area contributed by atoms with Crippen molar-refractivity contribution in [2.45, 2.75) is 32.3 Å². The molecular formula is C21H19ClN2O3. The van der Waals surface area contributed by atoms with Gasteiger partial charge in [-0.05, 0) is 36.6 Å². The molecule has 0 saturated carbocycles. The van der Waals surface area contributed by atoms with Gasteiger partial charge in [0.1, 0.15) is 0 Å². The van der Waals surface area contributed by atoms with Gasteiger partial charge < -0.3 is 0 Å². The highest BCUT2D eigenvalue weighted by molar-refractivity contribution is 6.35. The molecule has 2 heterocycles. The van der Waals surface area contributed by atoms with Crippen molar-refractivity contribution in [1.82, 2.24) is 5.48 Å². The number of nitrogens with zero attached hydrogens (tertiary/aromatic N) is 1. The van der Waals surface area contributed by atoms with Gasteiger partial charge in [-0.1, -0.05) is 55.3 Å². The number of halogens is 1. The van der Waals surface area contributed by atoms with E-state index in [1.165, 1.54) is 10.5 Å². The molecule has 0 unspecified atom stereocenters. The Hall–Kier alpha value is -2.63. The summed E-state index contributed by atoms with van der Waals surface area (Å²) in [7, 11) is 0. The molecule has 1 fully saturated rings. The average molecular weight is 383 g/mol. The van der Waals surface area contributed by atoms with Crippen LogP contribution in [-0.2, 0) is 20.8 Å². The number of benzene rings is 2. The molecule has 2 aromatic rings. The van der Waals surface area contributed by atoms with Gasteiger partial charge in [0.25, 0.3) is 11.8 Å². The van der Waals surface area contributed by atoms with Crippen molar-refractivity contribution in [3.63, 3.8) is 0 Å². The third-order valence-corrected chi connectivity index (χ3v) is 5.17. The van der Waals surface area contributed by atoms with Crippen molar-refractivity contribution >= 4 is 34.8 Å². The number of carbonyl (C=O) groups is 2. The maximum atomic E-state index is 13.0. The predicted molar refractivity (Wildman–Crippen MR) is 104 cm³/mol. The van der Waals surface area contributed by atoms with E-state index in [2.05, 4.69) is 12.4 Å². The summed E-state index contributed by atoms with van der Waals surface area (Å²) < 4.78 is 0. The first kappa shape index (κ1) is 17.8. The van der Waals surface area contributed by atoms with Gasteiger partial charge in [-0.15, -0.1) is 0 Å². The number of fused-ring (bicyclic) bond motifs is 1. The number of aryl methyl sites for hydroxylation is 1. The van der Waals surface area contributed by atoms with Gasteiger partial charge >= 0.3 is 0 Å². The summed E-state index contributed by atoms with van der Waals surface area (Å²) in [4.78, 5) is 32.4. The highest BCUT2D eigenvalue weighted by atomic mass is 35.5. The highest BCUT2D eigenvalue weighted by Crippen LogP contribution is 2.37. The molecular weight excluding hydrogens is 364 g/mol. The Labute approximate surface area is 162 Å². The van der Waals surface area contributed by atoms with E-state index < -0.39 is 12.0 Å². The molecule has 2 amide bonds. The van der Waals surface area contributed by atoms with E-state index in [1.807, 2.05) is 30.3 Å². The molecule has 1 atom stereocenters. The summed E-state index contributed by atoms with van der Waals surface area (Å²) in [5.41, 5.74) is 5.83. The summed E-state index contributed by atoms with van der Waals surface area (Å²) in [6, 6.07) is 14.7. The number of unbranched alkanes of at least 4 members (excludes halogenated alkanes) is 1. The quantitative estimate of drug-likeness (QED) is 0.797. The van der Waals surface area contributed by atoms with Crippen LogP contribution in [0.3, 0.4) is 0 Å². The van der Waals surface area contributed by atoms with Crippen LogP contribution in [0.5, 0.6) is 0 Å². The first-order chi connectivity index (χ1) is 13.1. The molecule has 1 N–H and O–H groups in total. The Morgan fingerprint density at radius 1 is 1.11 bits per heavy atom. The van der Waals surface area contributed by atoms with Gasteiger partial charge in [0, 0.05) is 10.6 Å². The topological polar surface area (TPSA) is 58.6 Å². The molecule has 0 bridgehead atoms. The van der Waals surface area contributed by atoms with Crippen LogP contribution < -0.4 is 10.4 Å². The Morgan fingerprint density at radius 2 is 1.85 bits per heavy atom. The lowest BCUT2D eigenvalue weighted by Crippen LogP contribution is -2.34. The molecule has 0 radical (unpaired) electrons. The van der Waals surface area contributed by atoms with Crippen molar-refractivity contribution in [2.24, 2.45) is 0 Å². The van der Waals surface area contributed by atoms with Crippen LogP contribution in [0.4, 0.5) is 5.69 Å². The van der Waals surface area contributed by atoms with Gasteiger partial charge in [0.2, 0.25) is 0 Å². The van der Waals surface area contributed by atoms with E-state index in [-0.39, 0.29) is 5.91 Å². The average Bonchev–Trinajstić information content (AvgIpc) is 3.21. The fourth-order valence-corrected chi connectivity index (χ4v) is 3.62. The smallest absolute Gasteiger partial charge is 0.270 e. The molecule has 0 aromatic heterocycles. The molecule has 0 aliphatic carbocycles. The molecule has 2 aliphatic heterocycles. The second kappa shape index (κ2) is 7.18. The monoisotopic (exact) mass is 382 g/mol. The van der Waals surface area contributed by atoms with Crippen molar-refractivity contribution < 1.29 is 14.4 Å². The van der Waals surface area contributed by atoms with E-state index >= 15 is 0 Å². The van der Waals surface area contributed by atoms with E-state index in [0.717, 1.165) is 19.3 Å². The highest BCUT2D eigenvalue weighted by Gasteiger charge is 2.50. The number of hydrogen-bond acceptors (Lipinski definition) is 4. The normalized spacial score (nSPS) is 18.9. The van der Waals surface area contributed by atoms with Gasteiger partial charge in [0.15, 0.2) is 6.10 Å². The summed E-state index contributed by atoms with van der Waals surface area (Å²) in [6.07, 6.45) is 2.26. The minimum atomic E-state index is -0.955. The maximum absolute atomic E-state index is 13.0. The lowest BCUT2D eigenvalue weighted by Gasteiger charge is -2.16. The minimum absolute atomic E-state index is 0.295. The fraction of sp³-hybridized carbons (Fsp3) is 0.238. The Bertz CT molecular complexity index is 937. The van der Waals surface area contributed by atoms with Crippen molar-refractivity contribution in [1.29, 1.82) is 0 Å². The van der Waals surface area contributed by atoms with Crippen LogP contribution >= 0.6 is 11.6 Å². The number of rotatable bonds is 5. The number of hydrogen-bond donors (Lipinski definition) is 1. The second-order valence-electron chi connectivity index (χ2n) is 6.62. The first-order valence-corrected chi connectivity index (χ1v) is 9.37. The molecule has 27 heavy (non-hydrogen) atoms. The van der Waals surface area contributed by atoms with Gasteiger partial charge in [-0.25, -0.2) is 4.90 Å². The largest absolute Gasteiger partial charge is 0.270 e. The molecule has 4 rings (SSSR count). The van der Waals surface area contributed by atoms with Gasteiger partial charge in [-0.2, -0.15) is 0 Å². The molecule has 2 aliphatic rings. The number of carbonyl (C=O) groups excluding carboxylic acids is 2. The Kier molecular flexibility index (Phi) is 4.72. The zero-order chi connectivity index (χ0) is 19.0. The summed E-state index contributed by atoms with van der Waals surface area (Å²) in [5.74, 6) is -0.780. The maximum Gasteiger partial charge on any atom is 0.270 e. The van der Waals surface area contributed by atoms with Crippen LogP contribution in [-0.4, -0.2) is 17.9 Å². The fourth-order valence-electron chi connectivity index (χ4n) is 3.39. The molecule has 5 nitrogen and oxygen atoms in total. The Morgan fingerprint density at radius 3 is 2.56 bits per heavy atom. The third kappa shape index (κ3) is 3.03. The summed E-state index contributed by atoms with van der Waals surface area (Å²) in [5, 5.41) is 0.482. The predicted octanol–water partition coefficient (Wildman–Crippen LogP) is 3.87. The van der Waals surface area contributed by atoms with Gasteiger partial charge in [0.05, 0.1) is 17.0 Å². The van der Waals surface area contributed by atoms with Crippen molar-refractivity contribution in [3.8, 4) is 0 Å². The van der Waals surface area contributed by atoms with E-state index in [9.17, 15) is 9.59 Å². The van der Waals surface area contributed by atoms with Crippen LogP contribution in [0.15, 0.2) is 54.1 Å². The Balaban J connectivity index is 1.68. The van der Waals surface area contributed by atoms with Crippen molar-refractivity contribution in [2.75, 3.05) is 4.90 Å². The second-order valence-corrected chi connectivity index (χ2v) is 7.02. The van der Waals surface area contributed by atoms with E-state index in [1.54, 1.807) is 18.2 Å². The third-order valence-electron chi connectivity index (χ3n) is 4.85. The van der Waals surface area contributed by atoms with Crippen LogP contribution in [0.25, 0.3) is 5.70 Å². The SMILES string of the molecule is CCCCc1ccc(N2C(=O)C3=C(c4ccccc4Cl)NO[C@H]3C2=O)cc1. The standard InChI is InChI=1S/C21H19ClN2O3/c1-2-3-6-13-9-11-14(12-10-13)24-20(25)17-18(23-27-19(17)21(24)26)15-7-4-5-8-16(15)22/h4-5,7-12,19,23H,2-3,6H2,1H3/t19-/m1/s1. The molecule has 0 spiro atoms. The van der Waals surface area contributed by atoms with Crippen LogP contribution in [0.2, 0.25) is 5.02 Å². The van der Waals surface area contributed by atoms with Crippen LogP contribution in [0, 0.1) is 0 Å². The first-order valence-electron chi connectivity index (χ1n) is 8.99. The number of anilines is 1. The molecule has 6 heteroatoms. The zero-order valence-electron chi connectivity index (χ0n) is 14.9. The van der Waals surface area contributed by atoms with Crippen LogP contribution in [0.1, 0.15) is 30.9 Å². The molecule has 1 saturated heterocycles. The lowest BCUT2D eigenvalue weighted by atomic mass is 10.0. The number of imide groups is 1. The lowest BCUT2D eigenvalue weighted by molar-refractivity contribution is -0.127. The van der Waals surface area contributed by atoms with E-state index in [0.29, 0.717) is 27.5 Å². The van der Waals surface area contributed by atoms with Crippen molar-refractivity contribution in [3.05, 3.63) is 70.3 Å². The summed E-state index contributed by atoms with van der Waals surface area (Å²) >= 11 is 6.25. The number of nitrogens with one attached hydrogen (secondary N) is 1. The minimum Gasteiger partial charge on any atom is -0.270 e. The van der Waals surface area contributed by atoms with Gasteiger partial charge in [-0.3, -0.25) is 19.9 Å². The number of hydroxylamine groups is 1.